The van der Waals surface area contributed by atoms with Gasteiger partial charge in [0.1, 0.15) is 5.75 Å². The van der Waals surface area contributed by atoms with Gasteiger partial charge in [-0.1, -0.05) is 15.9 Å². The highest BCUT2D eigenvalue weighted by atomic mass is 79.9. The summed E-state index contributed by atoms with van der Waals surface area (Å²) < 4.78 is 33.0. The van der Waals surface area contributed by atoms with Crippen molar-refractivity contribution in [2.24, 2.45) is 0 Å². The minimum absolute atomic E-state index is 0.140. The maximum Gasteiger partial charge on any atom is 0.259 e. The Balaban J connectivity index is 2.19. The Morgan fingerprint density at radius 1 is 1.15 bits per heavy atom. The van der Waals surface area contributed by atoms with Crippen LogP contribution in [0.3, 0.4) is 0 Å². The number of anilines is 1. The van der Waals surface area contributed by atoms with E-state index < -0.39 is 10.0 Å². The van der Waals surface area contributed by atoms with E-state index in [0.717, 1.165) is 4.47 Å². The van der Waals surface area contributed by atoms with Gasteiger partial charge in [-0.2, -0.15) is 0 Å². The third kappa shape index (κ3) is 5.30. The number of amides is 1. The number of carbonyl (C=O) groups is 1. The van der Waals surface area contributed by atoms with Gasteiger partial charge in [0.25, 0.3) is 5.91 Å². The molecule has 0 unspecified atom stereocenters. The van der Waals surface area contributed by atoms with Crippen molar-refractivity contribution < 1.29 is 17.9 Å². The molecule has 140 valence electrons. The Hall–Kier alpha value is -1.90. The standard InChI is InChI=1S/C18H21BrN2O4S/c1-4-25-17-10-5-13(19)11-16(17)18(22)20-14-6-8-15(9-7-14)26(23,24)21-12(2)3/h5-12,21H,4H2,1-3H3,(H,20,22). The van der Waals surface area contributed by atoms with Crippen LogP contribution in [0.2, 0.25) is 0 Å². The number of halogens is 1. The Kier molecular flexibility index (Phi) is 6.80. The second-order valence-electron chi connectivity index (χ2n) is 5.83. The molecule has 1 amide bonds. The van der Waals surface area contributed by atoms with Crippen LogP contribution in [0.4, 0.5) is 5.69 Å². The van der Waals surface area contributed by atoms with Gasteiger partial charge in [0.15, 0.2) is 0 Å². The summed E-state index contributed by atoms with van der Waals surface area (Å²) in [7, 11) is -3.57. The number of carbonyl (C=O) groups excluding carboxylic acids is 1. The van der Waals surface area contributed by atoms with Gasteiger partial charge in [0, 0.05) is 16.2 Å². The molecule has 0 aliphatic carbocycles. The molecular formula is C18H21BrN2O4S. The largest absolute Gasteiger partial charge is 0.493 e. The highest BCUT2D eigenvalue weighted by Gasteiger charge is 2.16. The van der Waals surface area contributed by atoms with E-state index in [4.69, 9.17) is 4.74 Å². The van der Waals surface area contributed by atoms with E-state index >= 15 is 0 Å². The summed E-state index contributed by atoms with van der Waals surface area (Å²) >= 11 is 3.34. The van der Waals surface area contributed by atoms with E-state index in [1.54, 1.807) is 44.2 Å². The first kappa shape index (κ1) is 20.4. The first-order valence-electron chi connectivity index (χ1n) is 8.09. The molecule has 0 saturated carbocycles. The first-order chi connectivity index (χ1) is 12.2. The topological polar surface area (TPSA) is 84.5 Å². The average molecular weight is 441 g/mol. The molecule has 26 heavy (non-hydrogen) atoms. The summed E-state index contributed by atoms with van der Waals surface area (Å²) in [6.45, 7) is 5.78. The Bertz CT molecular complexity index is 881. The molecule has 0 aliphatic rings. The highest BCUT2D eigenvalue weighted by molar-refractivity contribution is 9.10. The minimum Gasteiger partial charge on any atom is -0.493 e. The van der Waals surface area contributed by atoms with E-state index in [-0.39, 0.29) is 16.8 Å². The Morgan fingerprint density at radius 3 is 2.38 bits per heavy atom. The smallest absolute Gasteiger partial charge is 0.259 e. The predicted molar refractivity (Wildman–Crippen MR) is 105 cm³/mol. The molecule has 2 aromatic rings. The van der Waals surface area contributed by atoms with Crippen molar-refractivity contribution in [3.05, 3.63) is 52.5 Å². The second-order valence-corrected chi connectivity index (χ2v) is 8.46. The third-order valence-electron chi connectivity index (χ3n) is 3.30. The summed E-state index contributed by atoms with van der Waals surface area (Å²) in [5.41, 5.74) is 0.875. The first-order valence-corrected chi connectivity index (χ1v) is 10.4. The molecule has 0 radical (unpaired) electrons. The number of ether oxygens (including phenoxy) is 1. The summed E-state index contributed by atoms with van der Waals surface area (Å²) in [5.74, 6) is 0.138. The van der Waals surface area contributed by atoms with Gasteiger partial charge < -0.3 is 10.1 Å². The van der Waals surface area contributed by atoms with Gasteiger partial charge in [0.05, 0.1) is 17.1 Å². The van der Waals surface area contributed by atoms with Crippen LogP contribution in [-0.2, 0) is 10.0 Å². The lowest BCUT2D eigenvalue weighted by atomic mass is 10.2. The lowest BCUT2D eigenvalue weighted by molar-refractivity contribution is 0.102. The zero-order valence-corrected chi connectivity index (χ0v) is 17.1. The van der Waals surface area contributed by atoms with E-state index in [0.29, 0.717) is 23.6 Å². The van der Waals surface area contributed by atoms with Gasteiger partial charge >= 0.3 is 0 Å². The molecule has 0 aliphatic heterocycles. The van der Waals surface area contributed by atoms with Gasteiger partial charge in [-0.05, 0) is 63.2 Å². The van der Waals surface area contributed by atoms with Crippen LogP contribution in [0.5, 0.6) is 5.75 Å². The molecule has 0 saturated heterocycles. The number of sulfonamides is 1. The maximum absolute atomic E-state index is 12.5. The zero-order valence-electron chi connectivity index (χ0n) is 14.7. The quantitative estimate of drug-likeness (QED) is 0.685. The summed E-state index contributed by atoms with van der Waals surface area (Å²) in [5, 5.41) is 2.75. The third-order valence-corrected chi connectivity index (χ3v) is 5.47. The van der Waals surface area contributed by atoms with E-state index in [1.165, 1.54) is 12.1 Å². The minimum atomic E-state index is -3.57. The number of rotatable bonds is 7. The molecule has 8 heteroatoms. The lowest BCUT2D eigenvalue weighted by Gasteiger charge is -2.12. The summed E-state index contributed by atoms with van der Waals surface area (Å²) in [6, 6.07) is 11.0. The molecular weight excluding hydrogens is 420 g/mol. The number of hydrogen-bond donors (Lipinski definition) is 2. The van der Waals surface area contributed by atoms with Crippen LogP contribution in [-0.4, -0.2) is 27.0 Å². The maximum atomic E-state index is 12.5. The van der Waals surface area contributed by atoms with E-state index in [9.17, 15) is 13.2 Å². The molecule has 2 aromatic carbocycles. The van der Waals surface area contributed by atoms with Crippen LogP contribution >= 0.6 is 15.9 Å². The normalized spacial score (nSPS) is 11.4. The molecule has 0 bridgehead atoms. The van der Waals surface area contributed by atoms with Crippen LogP contribution in [0.1, 0.15) is 31.1 Å². The fourth-order valence-corrected chi connectivity index (χ4v) is 3.87. The number of hydrogen-bond acceptors (Lipinski definition) is 4. The average Bonchev–Trinajstić information content (AvgIpc) is 2.56. The van der Waals surface area contributed by atoms with Crippen LogP contribution in [0.25, 0.3) is 0 Å². The molecule has 0 heterocycles. The number of nitrogens with one attached hydrogen (secondary N) is 2. The van der Waals surface area contributed by atoms with Crippen molar-refractivity contribution >= 4 is 37.5 Å². The van der Waals surface area contributed by atoms with E-state index in [1.807, 2.05) is 6.92 Å². The molecule has 0 fully saturated rings. The lowest BCUT2D eigenvalue weighted by Crippen LogP contribution is -2.30. The van der Waals surface area contributed by atoms with Crippen molar-refractivity contribution in [1.29, 1.82) is 0 Å². The molecule has 6 nitrogen and oxygen atoms in total. The van der Waals surface area contributed by atoms with E-state index in [2.05, 4.69) is 26.0 Å². The monoisotopic (exact) mass is 440 g/mol. The summed E-state index contributed by atoms with van der Waals surface area (Å²) in [4.78, 5) is 12.7. The zero-order chi connectivity index (χ0) is 19.3. The Labute approximate surface area is 162 Å². The molecule has 0 atom stereocenters. The van der Waals surface area contributed by atoms with Crippen molar-refractivity contribution in [3.63, 3.8) is 0 Å². The fourth-order valence-electron chi connectivity index (χ4n) is 2.26. The Morgan fingerprint density at radius 2 is 1.81 bits per heavy atom. The van der Waals surface area contributed by atoms with Gasteiger partial charge in [-0.25, -0.2) is 13.1 Å². The highest BCUT2D eigenvalue weighted by Crippen LogP contribution is 2.25. The van der Waals surface area contributed by atoms with Crippen LogP contribution in [0.15, 0.2) is 51.8 Å². The molecule has 2 N–H and O–H groups in total. The molecule has 0 spiro atoms. The van der Waals surface area contributed by atoms with Crippen molar-refractivity contribution in [3.8, 4) is 5.75 Å². The van der Waals surface area contributed by atoms with Crippen molar-refractivity contribution in [1.82, 2.24) is 4.72 Å². The van der Waals surface area contributed by atoms with Crippen LogP contribution < -0.4 is 14.8 Å². The SMILES string of the molecule is CCOc1ccc(Br)cc1C(=O)Nc1ccc(S(=O)(=O)NC(C)C)cc1. The predicted octanol–water partition coefficient (Wildman–Crippen LogP) is 3.79. The molecule has 0 aromatic heterocycles. The second kappa shape index (κ2) is 8.66. The van der Waals surface area contributed by atoms with Gasteiger partial charge in [0.2, 0.25) is 10.0 Å². The van der Waals surface area contributed by atoms with Crippen LogP contribution in [0, 0.1) is 0 Å². The van der Waals surface area contributed by atoms with Gasteiger partial charge in [-0.3, -0.25) is 4.79 Å². The molecule has 2 rings (SSSR count). The van der Waals surface area contributed by atoms with Crippen molar-refractivity contribution in [2.75, 3.05) is 11.9 Å². The van der Waals surface area contributed by atoms with Crippen molar-refractivity contribution in [2.45, 2.75) is 31.7 Å². The fraction of sp³-hybridized carbons (Fsp3) is 0.278. The number of benzene rings is 2. The summed E-state index contributed by atoms with van der Waals surface area (Å²) in [6.07, 6.45) is 0. The van der Waals surface area contributed by atoms with Gasteiger partial charge in [-0.15, -0.1) is 0 Å².